The first kappa shape index (κ1) is 14.8. The molecule has 8 heteroatoms. The Hall–Kier alpha value is -2.61. The summed E-state index contributed by atoms with van der Waals surface area (Å²) in [7, 11) is 0. The van der Waals surface area contributed by atoms with Gasteiger partial charge in [-0.2, -0.15) is 23.7 Å². The van der Waals surface area contributed by atoms with E-state index in [2.05, 4.69) is 14.9 Å². The van der Waals surface area contributed by atoms with Gasteiger partial charge in [0, 0.05) is 12.8 Å². The average Bonchev–Trinajstić information content (AvgIpc) is 2.90. The molecule has 0 saturated heterocycles. The fourth-order valence-electron chi connectivity index (χ4n) is 1.95. The maximum Gasteiger partial charge on any atom is 0.389 e. The van der Waals surface area contributed by atoms with Crippen LogP contribution in [-0.4, -0.2) is 16.5 Å². The highest BCUT2D eigenvalue weighted by Gasteiger charge is 2.37. The van der Waals surface area contributed by atoms with Crippen molar-refractivity contribution in [1.29, 1.82) is 10.5 Å². The highest BCUT2D eigenvalue weighted by molar-refractivity contribution is 5.73. The third kappa shape index (κ3) is 3.48. The van der Waals surface area contributed by atoms with Gasteiger partial charge >= 0.3 is 6.18 Å². The van der Waals surface area contributed by atoms with Crippen molar-refractivity contribution in [1.82, 2.24) is 10.3 Å². The van der Waals surface area contributed by atoms with Crippen LogP contribution in [0.15, 0.2) is 22.8 Å². The zero-order chi connectivity index (χ0) is 15.5. The number of aromatic nitrogens is 2. The van der Waals surface area contributed by atoms with E-state index in [1.165, 1.54) is 0 Å². The van der Waals surface area contributed by atoms with Crippen LogP contribution in [0.1, 0.15) is 18.4 Å². The lowest BCUT2D eigenvalue weighted by molar-refractivity contribution is -0.138. The Labute approximate surface area is 117 Å². The number of fused-ring (bicyclic) bond motifs is 1. The molecule has 2 rings (SSSR count). The molecular weight excluding hydrogens is 285 g/mol. The largest absolute Gasteiger partial charge is 0.389 e. The SMILES string of the molecule is N#CC(C#N)(CCC(F)(F)F)Cc1ccc2nonc2c1. The van der Waals surface area contributed by atoms with Gasteiger partial charge in [-0.05, 0) is 34.4 Å². The Kier molecular flexibility index (Phi) is 3.81. The summed E-state index contributed by atoms with van der Waals surface area (Å²) in [5, 5.41) is 25.5. The van der Waals surface area contributed by atoms with Crippen molar-refractivity contribution >= 4 is 11.0 Å². The standard InChI is InChI=1S/C13H9F3N4O/c14-13(15,16)4-3-12(7-17,8-18)6-9-1-2-10-11(5-9)20-21-19-10/h1-2,5H,3-4,6H2. The molecule has 1 aromatic heterocycles. The van der Waals surface area contributed by atoms with Crippen LogP contribution in [0.2, 0.25) is 0 Å². The lowest BCUT2D eigenvalue weighted by Gasteiger charge is -2.19. The molecule has 0 radical (unpaired) electrons. The molecule has 2 aromatic rings. The first-order valence-corrected chi connectivity index (χ1v) is 5.98. The van der Waals surface area contributed by atoms with Gasteiger partial charge in [-0.25, -0.2) is 4.63 Å². The van der Waals surface area contributed by atoms with Gasteiger partial charge in [0.05, 0.1) is 12.1 Å². The summed E-state index contributed by atoms with van der Waals surface area (Å²) in [5.41, 5.74) is -0.273. The van der Waals surface area contributed by atoms with E-state index < -0.39 is 24.4 Å². The van der Waals surface area contributed by atoms with Crippen LogP contribution in [-0.2, 0) is 6.42 Å². The monoisotopic (exact) mass is 294 g/mol. The maximum atomic E-state index is 12.3. The zero-order valence-electron chi connectivity index (χ0n) is 10.7. The Morgan fingerprint density at radius 3 is 2.33 bits per heavy atom. The average molecular weight is 294 g/mol. The van der Waals surface area contributed by atoms with Crippen molar-refractivity contribution in [3.05, 3.63) is 23.8 Å². The zero-order valence-corrected chi connectivity index (χ0v) is 10.7. The van der Waals surface area contributed by atoms with Crippen LogP contribution in [0.3, 0.4) is 0 Å². The molecule has 0 fully saturated rings. The molecule has 0 aliphatic heterocycles. The molecule has 21 heavy (non-hydrogen) atoms. The third-order valence-corrected chi connectivity index (χ3v) is 3.09. The van der Waals surface area contributed by atoms with Gasteiger partial charge in [0.1, 0.15) is 16.4 Å². The summed E-state index contributed by atoms with van der Waals surface area (Å²) in [4.78, 5) is 0. The highest BCUT2D eigenvalue weighted by Crippen LogP contribution is 2.33. The fourth-order valence-corrected chi connectivity index (χ4v) is 1.95. The fraction of sp³-hybridized carbons (Fsp3) is 0.385. The van der Waals surface area contributed by atoms with Crippen LogP contribution in [0.25, 0.3) is 11.0 Å². The van der Waals surface area contributed by atoms with Crippen LogP contribution < -0.4 is 0 Å². The molecule has 1 aromatic carbocycles. The second kappa shape index (κ2) is 5.41. The van der Waals surface area contributed by atoms with E-state index in [9.17, 15) is 13.2 Å². The Balaban J connectivity index is 2.23. The van der Waals surface area contributed by atoms with Crippen molar-refractivity contribution in [2.45, 2.75) is 25.4 Å². The highest BCUT2D eigenvalue weighted by atomic mass is 19.4. The van der Waals surface area contributed by atoms with Crippen molar-refractivity contribution < 1.29 is 17.8 Å². The van der Waals surface area contributed by atoms with E-state index >= 15 is 0 Å². The van der Waals surface area contributed by atoms with Crippen LogP contribution in [0.4, 0.5) is 13.2 Å². The molecule has 0 spiro atoms. The van der Waals surface area contributed by atoms with E-state index in [0.29, 0.717) is 16.6 Å². The summed E-state index contributed by atoms with van der Waals surface area (Å²) in [6, 6.07) is 8.12. The third-order valence-electron chi connectivity index (χ3n) is 3.09. The van der Waals surface area contributed by atoms with Crippen LogP contribution in [0.5, 0.6) is 0 Å². The number of hydrogen-bond acceptors (Lipinski definition) is 5. The number of nitriles is 2. The predicted octanol–water partition coefficient (Wildman–Crippen LogP) is 3.14. The molecule has 0 unspecified atom stereocenters. The summed E-state index contributed by atoms with van der Waals surface area (Å²) >= 11 is 0. The molecule has 0 N–H and O–H groups in total. The van der Waals surface area contributed by atoms with E-state index in [0.717, 1.165) is 0 Å². The number of hydrogen-bond donors (Lipinski definition) is 0. The minimum Gasteiger partial charge on any atom is -0.243 e. The normalized spacial score (nSPS) is 12.0. The molecule has 5 nitrogen and oxygen atoms in total. The minimum atomic E-state index is -4.40. The van der Waals surface area contributed by atoms with Crippen LogP contribution in [0, 0.1) is 28.1 Å². The smallest absolute Gasteiger partial charge is 0.243 e. The predicted molar refractivity (Wildman–Crippen MR) is 64.5 cm³/mol. The summed E-state index contributed by atoms with van der Waals surface area (Å²) in [5.74, 6) is 0. The first-order valence-electron chi connectivity index (χ1n) is 5.98. The van der Waals surface area contributed by atoms with E-state index in [-0.39, 0.29) is 6.42 Å². The van der Waals surface area contributed by atoms with Gasteiger partial charge < -0.3 is 0 Å². The van der Waals surface area contributed by atoms with Crippen molar-refractivity contribution in [2.75, 3.05) is 0 Å². The second-order valence-corrected chi connectivity index (χ2v) is 4.68. The summed E-state index contributed by atoms with van der Waals surface area (Å²) in [6.07, 6.45) is -6.27. The van der Waals surface area contributed by atoms with Gasteiger partial charge in [-0.3, -0.25) is 0 Å². The molecule has 108 valence electrons. The number of rotatable bonds is 4. The molecule has 0 bridgehead atoms. The van der Waals surface area contributed by atoms with Crippen LogP contribution >= 0.6 is 0 Å². The number of halogens is 3. The van der Waals surface area contributed by atoms with Gasteiger partial charge in [-0.15, -0.1) is 0 Å². The van der Waals surface area contributed by atoms with Gasteiger partial charge in [-0.1, -0.05) is 6.07 Å². The maximum absolute atomic E-state index is 12.3. The summed E-state index contributed by atoms with van der Waals surface area (Å²) < 4.78 is 41.5. The van der Waals surface area contributed by atoms with Crippen molar-refractivity contribution in [3.63, 3.8) is 0 Å². The quantitative estimate of drug-likeness (QED) is 0.864. The Bertz CT molecular complexity index is 709. The molecule has 1 heterocycles. The van der Waals surface area contributed by atoms with Gasteiger partial charge in [0.25, 0.3) is 0 Å². The molecule has 0 aliphatic carbocycles. The van der Waals surface area contributed by atoms with E-state index in [1.807, 2.05) is 0 Å². The summed E-state index contributed by atoms with van der Waals surface area (Å²) in [6.45, 7) is 0. The van der Waals surface area contributed by atoms with E-state index in [1.54, 1.807) is 30.3 Å². The minimum absolute atomic E-state index is 0.112. The molecule has 0 amide bonds. The number of benzene rings is 1. The van der Waals surface area contributed by atoms with Gasteiger partial charge in [0.15, 0.2) is 0 Å². The Morgan fingerprint density at radius 2 is 1.71 bits per heavy atom. The lowest BCUT2D eigenvalue weighted by atomic mass is 9.80. The number of alkyl halides is 3. The topological polar surface area (TPSA) is 86.5 Å². The number of nitrogens with zero attached hydrogens (tertiary/aromatic N) is 4. The second-order valence-electron chi connectivity index (χ2n) is 4.68. The van der Waals surface area contributed by atoms with Crippen molar-refractivity contribution in [2.24, 2.45) is 5.41 Å². The Morgan fingerprint density at radius 1 is 1.05 bits per heavy atom. The van der Waals surface area contributed by atoms with E-state index in [4.69, 9.17) is 10.5 Å². The first-order chi connectivity index (χ1) is 9.87. The van der Waals surface area contributed by atoms with Gasteiger partial charge in [0.2, 0.25) is 0 Å². The molecule has 0 aliphatic rings. The lowest BCUT2D eigenvalue weighted by Crippen LogP contribution is -2.23. The molecule has 0 atom stereocenters. The van der Waals surface area contributed by atoms with Crippen molar-refractivity contribution in [3.8, 4) is 12.1 Å². The molecular formula is C13H9F3N4O. The molecule has 0 saturated carbocycles.